The van der Waals surface area contributed by atoms with Gasteiger partial charge in [-0.1, -0.05) is 88.5 Å². The first-order valence-corrected chi connectivity index (χ1v) is 13.4. The van der Waals surface area contributed by atoms with Crippen molar-refractivity contribution < 1.29 is 19.1 Å². The highest BCUT2D eigenvalue weighted by molar-refractivity contribution is 6.36. The molecule has 0 radical (unpaired) electrons. The Kier molecular flexibility index (Phi) is 8.46. The molecule has 2 fully saturated rings. The van der Waals surface area contributed by atoms with Crippen LogP contribution in [0.2, 0.25) is 5.02 Å². The summed E-state index contributed by atoms with van der Waals surface area (Å²) in [7, 11) is 0. The number of amides is 2. The van der Waals surface area contributed by atoms with Crippen molar-refractivity contribution in [2.45, 2.75) is 77.6 Å². The van der Waals surface area contributed by atoms with E-state index in [0.717, 1.165) is 25.7 Å². The topological polar surface area (TPSA) is 63.7 Å². The maximum absolute atomic E-state index is 13.1. The van der Waals surface area contributed by atoms with Gasteiger partial charge in [-0.15, -0.1) is 0 Å². The molecule has 5 nitrogen and oxygen atoms in total. The van der Waals surface area contributed by atoms with Gasteiger partial charge in [0.15, 0.2) is 0 Å². The highest BCUT2D eigenvalue weighted by Crippen LogP contribution is 2.53. The van der Waals surface area contributed by atoms with E-state index in [2.05, 4.69) is 19.1 Å². The molecule has 4 rings (SSSR count). The smallest absolute Gasteiger partial charge is 0.338 e. The van der Waals surface area contributed by atoms with Crippen molar-refractivity contribution in [2.24, 2.45) is 23.7 Å². The molecule has 2 bridgehead atoms. The molecule has 184 valence electrons. The van der Waals surface area contributed by atoms with E-state index in [9.17, 15) is 14.4 Å². The molecule has 4 unspecified atom stereocenters. The van der Waals surface area contributed by atoms with Crippen LogP contribution in [0.5, 0.6) is 0 Å². The molecule has 3 aliphatic rings. The monoisotopic (exact) mass is 485 g/mol. The van der Waals surface area contributed by atoms with E-state index in [4.69, 9.17) is 16.3 Å². The Hall–Kier alpha value is -2.14. The van der Waals surface area contributed by atoms with Gasteiger partial charge in [-0.3, -0.25) is 9.59 Å². The van der Waals surface area contributed by atoms with Crippen LogP contribution in [0.25, 0.3) is 0 Å². The van der Waals surface area contributed by atoms with Gasteiger partial charge in [-0.05, 0) is 42.9 Å². The second-order valence-electron chi connectivity index (χ2n) is 10.00. The Morgan fingerprint density at radius 1 is 0.912 bits per heavy atom. The van der Waals surface area contributed by atoms with Crippen LogP contribution in [-0.4, -0.2) is 24.4 Å². The zero-order chi connectivity index (χ0) is 24.1. The van der Waals surface area contributed by atoms with Crippen molar-refractivity contribution >= 4 is 35.1 Å². The number of ether oxygens (including phenoxy) is 1. The number of fused-ring (bicyclic) bond motifs is 5. The van der Waals surface area contributed by atoms with Crippen LogP contribution in [0.4, 0.5) is 5.69 Å². The predicted molar refractivity (Wildman–Crippen MR) is 134 cm³/mol. The van der Waals surface area contributed by atoms with E-state index in [1.165, 1.54) is 55.9 Å². The van der Waals surface area contributed by atoms with Crippen molar-refractivity contribution in [1.82, 2.24) is 0 Å². The van der Waals surface area contributed by atoms with Crippen molar-refractivity contribution in [1.29, 1.82) is 0 Å². The van der Waals surface area contributed by atoms with Crippen molar-refractivity contribution in [3.05, 3.63) is 40.9 Å². The number of carbonyl (C=O) groups is 3. The standard InChI is InChI=1S/C28H36ClNO4/c1-2-3-4-5-6-7-8-9-10-11-16-34-28(33)21-14-15-22(29)23(18-21)30-26(31)24-19-12-13-20(17-19)25(24)27(30)32/h12-15,18-20,24-25H,2-11,16-17H2,1H3. The third kappa shape index (κ3) is 5.25. The van der Waals surface area contributed by atoms with Gasteiger partial charge in [0, 0.05) is 0 Å². The van der Waals surface area contributed by atoms with Crippen LogP contribution in [0.3, 0.4) is 0 Å². The number of nitrogens with zero attached hydrogens (tertiary/aromatic N) is 1. The highest BCUT2D eigenvalue weighted by Gasteiger charge is 2.59. The lowest BCUT2D eigenvalue weighted by atomic mass is 9.85. The lowest BCUT2D eigenvalue weighted by molar-refractivity contribution is -0.123. The Morgan fingerprint density at radius 2 is 1.47 bits per heavy atom. The van der Waals surface area contributed by atoms with Gasteiger partial charge in [-0.25, -0.2) is 9.69 Å². The SMILES string of the molecule is CCCCCCCCCCCCOC(=O)c1ccc(Cl)c(N2C(=O)C3C4C=CC(C4)C3C2=O)c1. The van der Waals surface area contributed by atoms with Gasteiger partial charge in [0.2, 0.25) is 11.8 Å². The molecule has 0 N–H and O–H groups in total. The Morgan fingerprint density at radius 3 is 2.06 bits per heavy atom. The predicted octanol–water partition coefficient (Wildman–Crippen LogP) is 6.73. The molecule has 1 aromatic carbocycles. The average Bonchev–Trinajstić information content (AvgIpc) is 3.51. The summed E-state index contributed by atoms with van der Waals surface area (Å²) >= 11 is 6.37. The van der Waals surface area contributed by atoms with E-state index in [-0.39, 0.29) is 40.5 Å². The fourth-order valence-corrected chi connectivity index (χ4v) is 5.99. The summed E-state index contributed by atoms with van der Waals surface area (Å²) in [5.74, 6) is -1.20. The molecule has 1 heterocycles. The number of halogens is 1. The second kappa shape index (κ2) is 11.5. The number of imide groups is 1. The third-order valence-corrected chi connectivity index (χ3v) is 7.94. The fourth-order valence-electron chi connectivity index (χ4n) is 5.79. The number of unbranched alkanes of at least 4 members (excludes halogenated alkanes) is 9. The van der Waals surface area contributed by atoms with Gasteiger partial charge < -0.3 is 4.74 Å². The average molecular weight is 486 g/mol. The minimum absolute atomic E-state index is 0.129. The Balaban J connectivity index is 1.24. The first-order chi connectivity index (χ1) is 16.5. The summed E-state index contributed by atoms with van der Waals surface area (Å²) in [6, 6.07) is 4.68. The van der Waals surface area contributed by atoms with Gasteiger partial charge in [0.05, 0.1) is 34.7 Å². The summed E-state index contributed by atoms with van der Waals surface area (Å²) < 4.78 is 5.45. The van der Waals surface area contributed by atoms with E-state index >= 15 is 0 Å². The molecule has 0 spiro atoms. The number of hydrogen-bond donors (Lipinski definition) is 0. The third-order valence-electron chi connectivity index (χ3n) is 7.62. The lowest BCUT2D eigenvalue weighted by Gasteiger charge is -2.19. The number of allylic oxidation sites excluding steroid dienone is 2. The Bertz CT molecular complexity index is 912. The molecule has 1 saturated carbocycles. The molecule has 4 atom stereocenters. The highest BCUT2D eigenvalue weighted by atomic mass is 35.5. The van der Waals surface area contributed by atoms with Gasteiger partial charge in [0.1, 0.15) is 0 Å². The fraction of sp³-hybridized carbons (Fsp3) is 0.607. The summed E-state index contributed by atoms with van der Waals surface area (Å²) in [5, 5.41) is 0.285. The molecular formula is C28H36ClNO4. The quantitative estimate of drug-likeness (QED) is 0.134. The summed E-state index contributed by atoms with van der Waals surface area (Å²) in [5.41, 5.74) is 0.601. The molecule has 34 heavy (non-hydrogen) atoms. The molecule has 1 saturated heterocycles. The first-order valence-electron chi connectivity index (χ1n) is 13.1. The van der Waals surface area contributed by atoms with Crippen molar-refractivity contribution in [3.63, 3.8) is 0 Å². The molecular weight excluding hydrogens is 450 g/mol. The zero-order valence-corrected chi connectivity index (χ0v) is 20.9. The van der Waals surface area contributed by atoms with Gasteiger partial charge in [0.25, 0.3) is 0 Å². The Labute approximate surface area is 207 Å². The van der Waals surface area contributed by atoms with Gasteiger partial charge >= 0.3 is 5.97 Å². The number of carbonyl (C=O) groups excluding carboxylic acids is 3. The van der Waals surface area contributed by atoms with Gasteiger partial charge in [-0.2, -0.15) is 0 Å². The first kappa shape index (κ1) is 25.0. The number of hydrogen-bond acceptors (Lipinski definition) is 4. The van der Waals surface area contributed by atoms with E-state index in [1.54, 1.807) is 12.1 Å². The number of rotatable bonds is 13. The lowest BCUT2D eigenvalue weighted by Crippen LogP contribution is -2.33. The number of benzene rings is 1. The van der Waals surface area contributed by atoms with E-state index in [0.29, 0.717) is 17.9 Å². The largest absolute Gasteiger partial charge is 0.462 e. The van der Waals surface area contributed by atoms with Crippen LogP contribution in [0, 0.1) is 23.7 Å². The van der Waals surface area contributed by atoms with Crippen molar-refractivity contribution in [2.75, 3.05) is 11.5 Å². The zero-order valence-electron chi connectivity index (χ0n) is 20.1. The maximum atomic E-state index is 13.1. The van der Waals surface area contributed by atoms with E-state index < -0.39 is 5.97 Å². The van der Waals surface area contributed by atoms with Crippen LogP contribution >= 0.6 is 11.6 Å². The van der Waals surface area contributed by atoms with Crippen molar-refractivity contribution in [3.8, 4) is 0 Å². The summed E-state index contributed by atoms with van der Waals surface area (Å²) in [6.07, 6.45) is 17.2. The van der Waals surface area contributed by atoms with E-state index in [1.807, 2.05) is 0 Å². The molecule has 6 heteroatoms. The normalized spacial score (nSPS) is 24.8. The van der Waals surface area contributed by atoms with Crippen LogP contribution in [-0.2, 0) is 14.3 Å². The minimum Gasteiger partial charge on any atom is -0.462 e. The minimum atomic E-state index is -0.449. The van der Waals surface area contributed by atoms with Crippen LogP contribution in [0.1, 0.15) is 87.9 Å². The summed E-state index contributed by atoms with van der Waals surface area (Å²) in [4.78, 5) is 40.0. The number of esters is 1. The number of anilines is 1. The molecule has 2 aliphatic carbocycles. The second-order valence-corrected chi connectivity index (χ2v) is 10.4. The maximum Gasteiger partial charge on any atom is 0.338 e. The van der Waals surface area contributed by atoms with Crippen LogP contribution < -0.4 is 4.90 Å². The summed E-state index contributed by atoms with van der Waals surface area (Å²) in [6.45, 7) is 2.60. The molecule has 1 aromatic rings. The van der Waals surface area contributed by atoms with Crippen LogP contribution in [0.15, 0.2) is 30.4 Å². The molecule has 0 aromatic heterocycles. The molecule has 2 amide bonds. The molecule has 1 aliphatic heterocycles.